The first-order chi connectivity index (χ1) is 10.6. The van der Waals surface area contributed by atoms with E-state index in [1.54, 1.807) is 12.1 Å². The standard InChI is InChI=1S/C15H14N2O5/c18-12-6-5-9(7-8-16-12)15(21)22-17-13(19)10-3-1-2-4-11(10)14(17)20/h1-4,9H,5-8H2,(H,16,18). The van der Waals surface area contributed by atoms with E-state index >= 15 is 0 Å². The predicted octanol–water partition coefficient (Wildman–Crippen LogP) is 0.657. The molecule has 3 rings (SSSR count). The molecule has 0 aromatic heterocycles. The van der Waals surface area contributed by atoms with Crippen molar-refractivity contribution in [3.05, 3.63) is 35.4 Å². The second kappa shape index (κ2) is 5.59. The summed E-state index contributed by atoms with van der Waals surface area (Å²) in [5, 5.41) is 3.17. The van der Waals surface area contributed by atoms with E-state index in [0.717, 1.165) is 0 Å². The number of nitrogens with one attached hydrogen (secondary N) is 1. The highest BCUT2D eigenvalue weighted by atomic mass is 16.7. The molecule has 114 valence electrons. The van der Waals surface area contributed by atoms with Gasteiger partial charge in [0.2, 0.25) is 5.91 Å². The zero-order valence-corrected chi connectivity index (χ0v) is 11.7. The van der Waals surface area contributed by atoms with Crippen molar-refractivity contribution in [2.45, 2.75) is 19.3 Å². The number of imide groups is 1. The third-order valence-corrected chi connectivity index (χ3v) is 3.81. The minimum Gasteiger partial charge on any atom is -0.356 e. The Bertz CT molecular complexity index is 635. The zero-order chi connectivity index (χ0) is 15.7. The van der Waals surface area contributed by atoms with Crippen LogP contribution in [0.15, 0.2) is 24.3 Å². The first kappa shape index (κ1) is 14.2. The first-order valence-corrected chi connectivity index (χ1v) is 7.04. The highest BCUT2D eigenvalue weighted by Crippen LogP contribution is 2.24. The molecule has 1 atom stereocenters. The van der Waals surface area contributed by atoms with Gasteiger partial charge in [-0.3, -0.25) is 14.4 Å². The Morgan fingerprint density at radius 2 is 1.73 bits per heavy atom. The van der Waals surface area contributed by atoms with Crippen molar-refractivity contribution in [3.63, 3.8) is 0 Å². The van der Waals surface area contributed by atoms with Gasteiger partial charge in [-0.25, -0.2) is 4.79 Å². The Balaban J connectivity index is 1.71. The summed E-state index contributed by atoms with van der Waals surface area (Å²) in [6.45, 7) is 0.376. The molecule has 0 saturated carbocycles. The molecule has 1 fully saturated rings. The van der Waals surface area contributed by atoms with Crippen LogP contribution in [0.5, 0.6) is 0 Å². The number of nitrogens with zero attached hydrogens (tertiary/aromatic N) is 1. The summed E-state index contributed by atoms with van der Waals surface area (Å²) in [5.41, 5.74) is 0.441. The molecule has 2 aliphatic rings. The second-order valence-corrected chi connectivity index (χ2v) is 5.23. The van der Waals surface area contributed by atoms with Crippen LogP contribution in [0.25, 0.3) is 0 Å². The average Bonchev–Trinajstić information content (AvgIpc) is 2.69. The first-order valence-electron chi connectivity index (χ1n) is 7.04. The lowest BCUT2D eigenvalue weighted by atomic mass is 10.0. The molecule has 1 saturated heterocycles. The number of hydrogen-bond acceptors (Lipinski definition) is 5. The van der Waals surface area contributed by atoms with Gasteiger partial charge in [0, 0.05) is 13.0 Å². The summed E-state index contributed by atoms with van der Waals surface area (Å²) in [5.74, 6) is -2.57. The molecule has 2 heterocycles. The van der Waals surface area contributed by atoms with Gasteiger partial charge in [-0.1, -0.05) is 17.2 Å². The molecule has 1 unspecified atom stereocenters. The van der Waals surface area contributed by atoms with Crippen molar-refractivity contribution in [2.75, 3.05) is 6.54 Å². The SMILES string of the molecule is O=C1CCC(C(=O)ON2C(=O)c3ccccc3C2=O)CCN1. The fraction of sp³-hybridized carbons (Fsp3) is 0.333. The van der Waals surface area contributed by atoms with Crippen molar-refractivity contribution in [1.29, 1.82) is 0 Å². The molecule has 1 aromatic rings. The topological polar surface area (TPSA) is 92.8 Å². The van der Waals surface area contributed by atoms with Crippen LogP contribution in [0.1, 0.15) is 40.0 Å². The fourth-order valence-corrected chi connectivity index (χ4v) is 2.57. The number of hydrogen-bond donors (Lipinski definition) is 1. The number of hydroxylamine groups is 2. The fourth-order valence-electron chi connectivity index (χ4n) is 2.57. The molecule has 2 aliphatic heterocycles. The van der Waals surface area contributed by atoms with Gasteiger partial charge in [0.1, 0.15) is 0 Å². The van der Waals surface area contributed by atoms with Crippen molar-refractivity contribution in [1.82, 2.24) is 10.4 Å². The zero-order valence-electron chi connectivity index (χ0n) is 11.7. The van der Waals surface area contributed by atoms with Crippen LogP contribution in [-0.4, -0.2) is 35.3 Å². The Kier molecular flexibility index (Phi) is 3.62. The minimum absolute atomic E-state index is 0.115. The molecule has 3 amide bonds. The molecular weight excluding hydrogens is 288 g/mol. The number of amides is 3. The van der Waals surface area contributed by atoms with Crippen LogP contribution in [0.2, 0.25) is 0 Å². The summed E-state index contributed by atoms with van der Waals surface area (Å²) in [4.78, 5) is 52.6. The van der Waals surface area contributed by atoms with Gasteiger partial charge in [-0.2, -0.15) is 0 Å². The van der Waals surface area contributed by atoms with E-state index in [0.29, 0.717) is 24.4 Å². The monoisotopic (exact) mass is 302 g/mol. The summed E-state index contributed by atoms with van der Waals surface area (Å²) in [7, 11) is 0. The van der Waals surface area contributed by atoms with E-state index in [1.165, 1.54) is 12.1 Å². The molecule has 1 N–H and O–H groups in total. The van der Waals surface area contributed by atoms with E-state index < -0.39 is 23.7 Å². The molecule has 7 nitrogen and oxygen atoms in total. The largest absolute Gasteiger partial charge is 0.356 e. The Labute approximate surface area is 126 Å². The lowest BCUT2D eigenvalue weighted by Crippen LogP contribution is -2.35. The highest BCUT2D eigenvalue weighted by Gasteiger charge is 2.39. The Hall–Kier alpha value is -2.70. The molecule has 22 heavy (non-hydrogen) atoms. The van der Waals surface area contributed by atoms with Crippen molar-refractivity contribution in [3.8, 4) is 0 Å². The third kappa shape index (κ3) is 2.45. The lowest BCUT2D eigenvalue weighted by molar-refractivity contribution is -0.174. The quantitative estimate of drug-likeness (QED) is 0.810. The Morgan fingerprint density at radius 3 is 2.36 bits per heavy atom. The van der Waals surface area contributed by atoms with Gasteiger partial charge in [0.05, 0.1) is 17.0 Å². The molecule has 0 bridgehead atoms. The van der Waals surface area contributed by atoms with Crippen LogP contribution in [0.3, 0.4) is 0 Å². The number of carbonyl (C=O) groups excluding carboxylic acids is 4. The van der Waals surface area contributed by atoms with Gasteiger partial charge >= 0.3 is 5.97 Å². The van der Waals surface area contributed by atoms with Crippen molar-refractivity contribution >= 4 is 23.7 Å². The van der Waals surface area contributed by atoms with Gasteiger partial charge < -0.3 is 10.2 Å². The number of benzene rings is 1. The maximum absolute atomic E-state index is 12.1. The molecule has 0 aliphatic carbocycles. The highest BCUT2D eigenvalue weighted by molar-refractivity contribution is 6.20. The van der Waals surface area contributed by atoms with Crippen LogP contribution in [0.4, 0.5) is 0 Å². The maximum Gasteiger partial charge on any atom is 0.336 e. The van der Waals surface area contributed by atoms with Crippen LogP contribution in [0, 0.1) is 5.92 Å². The second-order valence-electron chi connectivity index (χ2n) is 5.23. The van der Waals surface area contributed by atoms with E-state index in [1.807, 2.05) is 0 Å². The summed E-state index contributed by atoms with van der Waals surface area (Å²) in [6.07, 6.45) is 0.990. The maximum atomic E-state index is 12.1. The van der Waals surface area contributed by atoms with Gasteiger partial charge in [0.25, 0.3) is 11.8 Å². The predicted molar refractivity (Wildman–Crippen MR) is 73.4 cm³/mol. The van der Waals surface area contributed by atoms with E-state index in [2.05, 4.69) is 5.32 Å². The Morgan fingerprint density at radius 1 is 1.09 bits per heavy atom. The smallest absolute Gasteiger partial charge is 0.336 e. The van der Waals surface area contributed by atoms with Gasteiger partial charge in [-0.15, -0.1) is 0 Å². The van der Waals surface area contributed by atoms with E-state index in [4.69, 9.17) is 4.84 Å². The summed E-state index contributed by atoms with van der Waals surface area (Å²) < 4.78 is 0. The van der Waals surface area contributed by atoms with Crippen molar-refractivity contribution < 1.29 is 24.0 Å². The lowest BCUT2D eigenvalue weighted by Gasteiger charge is -2.17. The van der Waals surface area contributed by atoms with E-state index in [-0.39, 0.29) is 23.5 Å². The normalized spacial score (nSPS) is 21.2. The van der Waals surface area contributed by atoms with Gasteiger partial charge in [-0.05, 0) is 25.0 Å². The number of rotatable bonds is 2. The molecule has 0 radical (unpaired) electrons. The third-order valence-electron chi connectivity index (χ3n) is 3.81. The number of carbonyl (C=O) groups is 4. The molecule has 0 spiro atoms. The summed E-state index contributed by atoms with van der Waals surface area (Å²) >= 11 is 0. The van der Waals surface area contributed by atoms with Crippen LogP contribution >= 0.6 is 0 Å². The van der Waals surface area contributed by atoms with Crippen LogP contribution < -0.4 is 5.32 Å². The van der Waals surface area contributed by atoms with E-state index in [9.17, 15) is 19.2 Å². The molecule has 1 aromatic carbocycles. The summed E-state index contributed by atoms with van der Waals surface area (Å²) in [6, 6.07) is 6.30. The van der Waals surface area contributed by atoms with Crippen LogP contribution in [-0.2, 0) is 14.4 Å². The molecule has 7 heteroatoms. The average molecular weight is 302 g/mol. The number of fused-ring (bicyclic) bond motifs is 1. The van der Waals surface area contributed by atoms with Crippen molar-refractivity contribution in [2.24, 2.45) is 5.92 Å². The molecular formula is C15H14N2O5. The van der Waals surface area contributed by atoms with Gasteiger partial charge in [0.15, 0.2) is 0 Å². The minimum atomic E-state index is -0.661.